The van der Waals surface area contributed by atoms with Gasteiger partial charge < -0.3 is 5.11 Å². The summed E-state index contributed by atoms with van der Waals surface area (Å²) in [7, 11) is 0. The van der Waals surface area contributed by atoms with Crippen molar-refractivity contribution >= 4 is 0 Å². The van der Waals surface area contributed by atoms with Crippen LogP contribution in [-0.4, -0.2) is 19.9 Å². The predicted molar refractivity (Wildman–Crippen MR) is 77.4 cm³/mol. The molecule has 21 heavy (non-hydrogen) atoms. The third-order valence-electron chi connectivity index (χ3n) is 3.25. The van der Waals surface area contributed by atoms with Gasteiger partial charge in [0.15, 0.2) is 11.6 Å². The topological polar surface area (TPSA) is 50.9 Å². The molecule has 0 fully saturated rings. The number of halogens is 1. The van der Waals surface area contributed by atoms with Crippen molar-refractivity contribution < 1.29 is 9.50 Å². The lowest BCUT2D eigenvalue weighted by atomic mass is 10.1. The van der Waals surface area contributed by atoms with Crippen molar-refractivity contribution in [3.8, 4) is 17.1 Å². The Morgan fingerprint density at radius 2 is 1.86 bits per heavy atom. The van der Waals surface area contributed by atoms with E-state index in [0.717, 1.165) is 11.3 Å². The van der Waals surface area contributed by atoms with E-state index >= 15 is 0 Å². The summed E-state index contributed by atoms with van der Waals surface area (Å²) >= 11 is 0. The Morgan fingerprint density at radius 1 is 1.10 bits per heavy atom. The summed E-state index contributed by atoms with van der Waals surface area (Å²) < 4.78 is 15.8. The maximum absolute atomic E-state index is 14.1. The number of nitrogens with zero attached hydrogens (tertiary/aromatic N) is 3. The predicted octanol–water partition coefficient (Wildman–Crippen LogP) is 2.87. The summed E-state index contributed by atoms with van der Waals surface area (Å²) in [6.07, 6.45) is 0. The molecule has 0 aliphatic carbocycles. The maximum atomic E-state index is 14.1. The van der Waals surface area contributed by atoms with Gasteiger partial charge in [-0.15, -0.1) is 10.2 Å². The van der Waals surface area contributed by atoms with Crippen LogP contribution in [0, 0.1) is 12.7 Å². The van der Waals surface area contributed by atoms with Crippen molar-refractivity contribution in [1.82, 2.24) is 14.8 Å². The first kappa shape index (κ1) is 13.5. The summed E-state index contributed by atoms with van der Waals surface area (Å²) in [5.74, 6) is 0.387. The first-order valence-electron chi connectivity index (χ1n) is 6.58. The van der Waals surface area contributed by atoms with Crippen LogP contribution in [0.4, 0.5) is 4.39 Å². The van der Waals surface area contributed by atoms with Gasteiger partial charge in [-0.25, -0.2) is 4.39 Å². The zero-order chi connectivity index (χ0) is 14.8. The average Bonchev–Trinajstić information content (AvgIpc) is 2.94. The maximum Gasteiger partial charge on any atom is 0.171 e. The van der Waals surface area contributed by atoms with E-state index in [0.29, 0.717) is 17.2 Å². The van der Waals surface area contributed by atoms with E-state index in [-0.39, 0.29) is 12.4 Å². The Bertz CT molecular complexity index is 768. The average molecular weight is 283 g/mol. The molecule has 0 saturated carbocycles. The number of aromatic nitrogens is 3. The van der Waals surface area contributed by atoms with E-state index in [1.165, 1.54) is 6.07 Å². The lowest BCUT2D eigenvalue weighted by Gasteiger charge is -2.10. The first-order chi connectivity index (χ1) is 10.2. The highest BCUT2D eigenvalue weighted by Gasteiger charge is 2.17. The highest BCUT2D eigenvalue weighted by molar-refractivity contribution is 5.60. The molecule has 0 unspecified atom stereocenters. The molecule has 0 amide bonds. The van der Waals surface area contributed by atoms with Gasteiger partial charge in [-0.3, -0.25) is 4.57 Å². The van der Waals surface area contributed by atoms with Crippen molar-refractivity contribution in [3.63, 3.8) is 0 Å². The molecule has 1 N–H and O–H groups in total. The number of aliphatic hydroxyl groups is 1. The molecule has 0 bridgehead atoms. The fourth-order valence-electron chi connectivity index (χ4n) is 2.25. The van der Waals surface area contributed by atoms with Crippen molar-refractivity contribution in [3.05, 3.63) is 65.7 Å². The van der Waals surface area contributed by atoms with Crippen molar-refractivity contribution in [2.75, 3.05) is 0 Å². The highest BCUT2D eigenvalue weighted by atomic mass is 19.1. The Kier molecular flexibility index (Phi) is 3.50. The molecule has 106 valence electrons. The molecule has 0 atom stereocenters. The van der Waals surface area contributed by atoms with Gasteiger partial charge in [0.2, 0.25) is 0 Å². The number of para-hydroxylation sites is 1. The molecule has 3 rings (SSSR count). The van der Waals surface area contributed by atoms with Gasteiger partial charge in [0, 0.05) is 5.69 Å². The van der Waals surface area contributed by atoms with E-state index in [2.05, 4.69) is 10.2 Å². The molecule has 1 aromatic heterocycles. The van der Waals surface area contributed by atoms with Gasteiger partial charge in [-0.2, -0.15) is 0 Å². The molecule has 3 aromatic rings. The summed E-state index contributed by atoms with van der Waals surface area (Å²) in [4.78, 5) is 0. The number of hydrogen-bond donors (Lipinski definition) is 1. The molecule has 0 aliphatic rings. The molecule has 1 heterocycles. The second-order valence-corrected chi connectivity index (χ2v) is 4.75. The smallest absolute Gasteiger partial charge is 0.171 e. The van der Waals surface area contributed by atoms with Crippen molar-refractivity contribution in [1.29, 1.82) is 0 Å². The van der Waals surface area contributed by atoms with E-state index in [9.17, 15) is 9.50 Å². The minimum atomic E-state index is -0.366. The molecule has 0 aliphatic heterocycles. The van der Waals surface area contributed by atoms with E-state index < -0.39 is 0 Å². The fraction of sp³-hybridized carbons (Fsp3) is 0.125. The highest BCUT2D eigenvalue weighted by Crippen LogP contribution is 2.26. The Morgan fingerprint density at radius 3 is 2.57 bits per heavy atom. The Balaban J connectivity index is 2.25. The van der Waals surface area contributed by atoms with Crippen molar-refractivity contribution in [2.45, 2.75) is 13.5 Å². The third kappa shape index (κ3) is 2.43. The number of rotatable bonds is 3. The second kappa shape index (κ2) is 5.46. The van der Waals surface area contributed by atoms with Crippen LogP contribution in [0.25, 0.3) is 17.1 Å². The molecule has 0 radical (unpaired) electrons. The molecule has 5 heteroatoms. The SMILES string of the molecule is Cc1ccc(F)c(-c2nnc(CO)n2-c2ccccc2)c1. The third-order valence-corrected chi connectivity index (χ3v) is 3.25. The summed E-state index contributed by atoms with van der Waals surface area (Å²) in [5.41, 5.74) is 2.08. The molecular weight excluding hydrogens is 269 g/mol. The minimum Gasteiger partial charge on any atom is -0.388 e. The zero-order valence-corrected chi connectivity index (χ0v) is 11.5. The lowest BCUT2D eigenvalue weighted by Crippen LogP contribution is -2.04. The van der Waals surface area contributed by atoms with Crippen LogP contribution in [0.3, 0.4) is 0 Å². The number of aliphatic hydroxyl groups excluding tert-OH is 1. The minimum absolute atomic E-state index is 0.269. The van der Waals surface area contributed by atoms with Crippen LogP contribution in [0.15, 0.2) is 48.5 Å². The largest absolute Gasteiger partial charge is 0.388 e. The number of hydrogen-bond acceptors (Lipinski definition) is 3. The quantitative estimate of drug-likeness (QED) is 0.804. The van der Waals surface area contributed by atoms with Gasteiger partial charge in [0.05, 0.1) is 5.56 Å². The Hall–Kier alpha value is -2.53. The summed E-state index contributed by atoms with van der Waals surface area (Å²) in [6.45, 7) is 1.62. The van der Waals surface area contributed by atoms with Crippen LogP contribution in [0.1, 0.15) is 11.4 Å². The van der Waals surface area contributed by atoms with Crippen LogP contribution >= 0.6 is 0 Å². The number of aryl methyl sites for hydroxylation is 1. The second-order valence-electron chi connectivity index (χ2n) is 4.75. The normalized spacial score (nSPS) is 10.8. The van der Waals surface area contributed by atoms with Crippen LogP contribution in [-0.2, 0) is 6.61 Å². The van der Waals surface area contributed by atoms with Gasteiger partial charge in [-0.1, -0.05) is 29.8 Å². The summed E-state index contributed by atoms with van der Waals surface area (Å²) in [6, 6.07) is 14.2. The molecule has 0 saturated heterocycles. The van der Waals surface area contributed by atoms with Crippen LogP contribution in [0.2, 0.25) is 0 Å². The van der Waals surface area contributed by atoms with Gasteiger partial charge in [-0.05, 0) is 31.2 Å². The molecule has 0 spiro atoms. The first-order valence-corrected chi connectivity index (χ1v) is 6.58. The van der Waals surface area contributed by atoms with Gasteiger partial charge >= 0.3 is 0 Å². The van der Waals surface area contributed by atoms with E-state index in [4.69, 9.17) is 0 Å². The van der Waals surface area contributed by atoms with E-state index in [1.54, 1.807) is 16.7 Å². The lowest BCUT2D eigenvalue weighted by molar-refractivity contribution is 0.269. The number of benzene rings is 2. The van der Waals surface area contributed by atoms with Gasteiger partial charge in [0.1, 0.15) is 12.4 Å². The van der Waals surface area contributed by atoms with Crippen molar-refractivity contribution in [2.24, 2.45) is 0 Å². The molecule has 4 nitrogen and oxygen atoms in total. The molecular formula is C16H14FN3O. The van der Waals surface area contributed by atoms with E-state index in [1.807, 2.05) is 37.3 Å². The molecule has 2 aromatic carbocycles. The fourth-order valence-corrected chi connectivity index (χ4v) is 2.25. The monoisotopic (exact) mass is 283 g/mol. The standard InChI is InChI=1S/C16H14FN3O/c1-11-7-8-14(17)13(9-11)16-19-18-15(10-21)20(16)12-5-3-2-4-6-12/h2-9,21H,10H2,1H3. The summed E-state index contributed by atoms with van der Waals surface area (Å²) in [5, 5.41) is 17.4. The zero-order valence-electron chi connectivity index (χ0n) is 11.5. The van der Waals surface area contributed by atoms with Crippen LogP contribution in [0.5, 0.6) is 0 Å². The Labute approximate surface area is 121 Å². The van der Waals surface area contributed by atoms with Gasteiger partial charge in [0.25, 0.3) is 0 Å². The van der Waals surface area contributed by atoms with Crippen LogP contribution < -0.4 is 0 Å².